The predicted octanol–water partition coefficient (Wildman–Crippen LogP) is 19.8. The zero-order valence-corrected chi connectivity index (χ0v) is 38.1. The van der Waals surface area contributed by atoms with E-state index >= 15 is 0 Å². The van der Waals surface area contributed by atoms with Gasteiger partial charge in [0.15, 0.2) is 0 Å². The molecule has 54 heavy (non-hydrogen) atoms. The second kappa shape index (κ2) is 43.3. The number of rotatable bonds is 45. The molecule has 0 N–H and O–H groups in total. The lowest BCUT2D eigenvalue weighted by atomic mass is 9.92. The number of aryl methyl sites for hydroxylation is 2. The molecule has 0 saturated carbocycles. The van der Waals surface area contributed by atoms with Gasteiger partial charge in [0.05, 0.1) is 0 Å². The van der Waals surface area contributed by atoms with Crippen LogP contribution in [0.2, 0.25) is 0 Å². The first kappa shape index (κ1) is 51.2. The molecule has 0 unspecified atom stereocenters. The predicted molar refractivity (Wildman–Crippen MR) is 248 cm³/mol. The van der Waals surface area contributed by atoms with Crippen LogP contribution in [0.25, 0.3) is 0 Å². The molecule has 0 heteroatoms. The Morgan fingerprint density at radius 3 is 0.611 bits per heavy atom. The van der Waals surface area contributed by atoms with Crippen LogP contribution in [0.1, 0.15) is 307 Å². The van der Waals surface area contributed by atoms with Crippen LogP contribution < -0.4 is 0 Å². The van der Waals surface area contributed by atoms with E-state index in [1.165, 1.54) is 289 Å². The van der Waals surface area contributed by atoms with E-state index in [2.05, 4.69) is 39.0 Å². The van der Waals surface area contributed by atoms with Crippen molar-refractivity contribution < 1.29 is 0 Å². The average molecular weight is 751 g/mol. The van der Waals surface area contributed by atoms with Crippen LogP contribution in [0.3, 0.4) is 0 Å². The minimum Gasteiger partial charge on any atom is -0.0654 e. The van der Waals surface area contributed by atoms with Gasteiger partial charge in [-0.3, -0.25) is 0 Å². The summed E-state index contributed by atoms with van der Waals surface area (Å²) in [6, 6.07) is 7.24. The SMILES string of the molecule is CCCCCCCCCCCCCCCCCCCCCCCc1cccc(CCCCCCCCCCCCCCCCCCCCCCC)c1CC. The highest BCUT2D eigenvalue weighted by atomic mass is 14.1. The molecule has 0 amide bonds. The summed E-state index contributed by atoms with van der Waals surface area (Å²) in [5.41, 5.74) is 5.02. The molecule has 0 bridgehead atoms. The lowest BCUT2D eigenvalue weighted by molar-refractivity contribution is 0.520. The Balaban J connectivity index is 1.89. The van der Waals surface area contributed by atoms with Gasteiger partial charge in [0.25, 0.3) is 0 Å². The molecule has 1 rings (SSSR count). The first-order valence-electron chi connectivity index (χ1n) is 25.9. The minimum absolute atomic E-state index is 1.21. The van der Waals surface area contributed by atoms with E-state index in [1.54, 1.807) is 16.7 Å². The Bertz CT molecular complexity index is 772. The molecule has 0 heterocycles. The Labute approximate surface area is 343 Å². The molecular weight excluding hydrogens is 649 g/mol. The van der Waals surface area contributed by atoms with Crippen LogP contribution >= 0.6 is 0 Å². The molecule has 0 fully saturated rings. The number of unbranched alkanes of at least 4 members (excludes halogenated alkanes) is 40. The van der Waals surface area contributed by atoms with Gasteiger partial charge in [0.2, 0.25) is 0 Å². The molecule has 0 aliphatic carbocycles. The summed E-state index contributed by atoms with van der Waals surface area (Å²) in [5.74, 6) is 0. The summed E-state index contributed by atoms with van der Waals surface area (Å²) in [4.78, 5) is 0. The lowest BCUT2D eigenvalue weighted by Crippen LogP contribution is -2.00. The second-order valence-corrected chi connectivity index (χ2v) is 18.1. The fourth-order valence-electron chi connectivity index (χ4n) is 9.11. The highest BCUT2D eigenvalue weighted by Gasteiger charge is 2.07. The molecule has 318 valence electrons. The Morgan fingerprint density at radius 2 is 0.426 bits per heavy atom. The highest BCUT2D eigenvalue weighted by Crippen LogP contribution is 2.22. The summed E-state index contributed by atoms with van der Waals surface area (Å²) >= 11 is 0. The normalized spacial score (nSPS) is 11.6. The molecule has 1 aromatic carbocycles. The van der Waals surface area contributed by atoms with Crippen LogP contribution in [-0.4, -0.2) is 0 Å². The van der Waals surface area contributed by atoms with Gasteiger partial charge in [-0.05, 0) is 48.8 Å². The van der Waals surface area contributed by atoms with Gasteiger partial charge in [0.1, 0.15) is 0 Å². The number of benzene rings is 1. The molecule has 0 radical (unpaired) electrons. The van der Waals surface area contributed by atoms with Crippen LogP contribution in [-0.2, 0) is 19.3 Å². The van der Waals surface area contributed by atoms with Crippen LogP contribution in [0.15, 0.2) is 18.2 Å². The van der Waals surface area contributed by atoms with Crippen molar-refractivity contribution in [2.24, 2.45) is 0 Å². The van der Waals surface area contributed by atoms with Gasteiger partial charge in [-0.1, -0.05) is 296 Å². The highest BCUT2D eigenvalue weighted by molar-refractivity contribution is 5.35. The molecule has 0 saturated heterocycles. The quantitative estimate of drug-likeness (QED) is 0.0582. The van der Waals surface area contributed by atoms with E-state index in [9.17, 15) is 0 Å². The lowest BCUT2D eigenvalue weighted by Gasteiger charge is -2.14. The maximum atomic E-state index is 2.44. The van der Waals surface area contributed by atoms with Gasteiger partial charge in [-0.15, -0.1) is 0 Å². The standard InChI is InChI=1S/C54H102/c1-4-7-9-11-13-15-17-19-21-23-25-27-29-31-33-35-37-39-41-43-45-48-52-50-47-51-53(54(52)6-3)49-46-44-42-40-38-36-34-32-30-28-26-24-22-20-18-16-14-12-10-8-5-2/h47,50-51H,4-46,48-49H2,1-3H3. The summed E-state index contributed by atoms with van der Waals surface area (Å²) in [6.45, 7) is 7.01. The van der Waals surface area contributed by atoms with Crippen LogP contribution in [0, 0.1) is 0 Å². The van der Waals surface area contributed by atoms with E-state index in [0.717, 1.165) is 0 Å². The topological polar surface area (TPSA) is 0 Å². The third-order valence-electron chi connectivity index (χ3n) is 12.8. The van der Waals surface area contributed by atoms with E-state index in [1.807, 2.05) is 0 Å². The maximum Gasteiger partial charge on any atom is -0.0276 e. The van der Waals surface area contributed by atoms with Crippen molar-refractivity contribution >= 4 is 0 Å². The average Bonchev–Trinajstić information content (AvgIpc) is 3.19. The van der Waals surface area contributed by atoms with Crippen LogP contribution in [0.5, 0.6) is 0 Å². The van der Waals surface area contributed by atoms with Crippen molar-refractivity contribution in [1.82, 2.24) is 0 Å². The van der Waals surface area contributed by atoms with E-state index in [-0.39, 0.29) is 0 Å². The molecule has 0 aliphatic heterocycles. The van der Waals surface area contributed by atoms with Crippen molar-refractivity contribution in [1.29, 1.82) is 0 Å². The van der Waals surface area contributed by atoms with Gasteiger partial charge in [0, 0.05) is 0 Å². The van der Waals surface area contributed by atoms with Gasteiger partial charge in [-0.25, -0.2) is 0 Å². The Kier molecular flexibility index (Phi) is 41.1. The van der Waals surface area contributed by atoms with Gasteiger partial charge < -0.3 is 0 Å². The zero-order chi connectivity index (χ0) is 38.7. The maximum absolute atomic E-state index is 2.44. The van der Waals surface area contributed by atoms with Gasteiger partial charge >= 0.3 is 0 Å². The molecule has 0 nitrogen and oxygen atoms in total. The molecule has 0 aromatic heterocycles. The van der Waals surface area contributed by atoms with Crippen molar-refractivity contribution in [3.8, 4) is 0 Å². The fraction of sp³-hybridized carbons (Fsp3) is 0.889. The first-order chi connectivity index (χ1) is 26.8. The van der Waals surface area contributed by atoms with Crippen molar-refractivity contribution in [2.45, 2.75) is 310 Å². The first-order valence-corrected chi connectivity index (χ1v) is 25.9. The smallest absolute Gasteiger partial charge is 0.0276 e. The molecular formula is C54H102. The summed E-state index contributed by atoms with van der Waals surface area (Å²) in [7, 11) is 0. The van der Waals surface area contributed by atoms with E-state index in [0.29, 0.717) is 0 Å². The van der Waals surface area contributed by atoms with Gasteiger partial charge in [-0.2, -0.15) is 0 Å². The fourth-order valence-corrected chi connectivity index (χ4v) is 9.11. The number of hydrogen-bond donors (Lipinski definition) is 0. The molecule has 0 spiro atoms. The van der Waals surface area contributed by atoms with Crippen molar-refractivity contribution in [2.75, 3.05) is 0 Å². The molecule has 0 atom stereocenters. The van der Waals surface area contributed by atoms with Crippen molar-refractivity contribution in [3.05, 3.63) is 34.9 Å². The third-order valence-corrected chi connectivity index (χ3v) is 12.8. The largest absolute Gasteiger partial charge is 0.0654 e. The molecule has 0 aliphatic rings. The van der Waals surface area contributed by atoms with Crippen molar-refractivity contribution in [3.63, 3.8) is 0 Å². The van der Waals surface area contributed by atoms with E-state index in [4.69, 9.17) is 0 Å². The van der Waals surface area contributed by atoms with E-state index < -0.39 is 0 Å². The Morgan fingerprint density at radius 1 is 0.241 bits per heavy atom. The summed E-state index contributed by atoms with van der Waals surface area (Å²) in [6.07, 6.45) is 65.2. The second-order valence-electron chi connectivity index (χ2n) is 18.1. The third kappa shape index (κ3) is 34.5. The summed E-state index contributed by atoms with van der Waals surface area (Å²) in [5, 5.41) is 0. The number of hydrogen-bond acceptors (Lipinski definition) is 0. The van der Waals surface area contributed by atoms with Crippen LogP contribution in [0.4, 0.5) is 0 Å². The minimum atomic E-state index is 1.21. The summed E-state index contributed by atoms with van der Waals surface area (Å²) < 4.78 is 0. The Hall–Kier alpha value is -0.780. The zero-order valence-electron chi connectivity index (χ0n) is 38.1. The molecule has 1 aromatic rings. The monoisotopic (exact) mass is 751 g/mol.